The van der Waals surface area contributed by atoms with Gasteiger partial charge in [-0.3, -0.25) is 4.79 Å². The number of aryl methyl sites for hydroxylation is 1. The van der Waals surface area contributed by atoms with Crippen molar-refractivity contribution in [3.05, 3.63) is 83.9 Å². The first-order chi connectivity index (χ1) is 15.6. The molecule has 1 N–H and O–H groups in total. The maximum atomic E-state index is 13.0. The molecule has 0 aliphatic rings. The van der Waals surface area contributed by atoms with Gasteiger partial charge in [0.15, 0.2) is 6.10 Å². The van der Waals surface area contributed by atoms with Gasteiger partial charge in [-0.1, -0.05) is 49.4 Å². The fourth-order valence-electron chi connectivity index (χ4n) is 3.35. The quantitative estimate of drug-likeness (QED) is 0.402. The molecule has 0 bridgehead atoms. The number of rotatable bonds is 7. The lowest BCUT2D eigenvalue weighted by atomic mass is 10.1. The highest BCUT2D eigenvalue weighted by Gasteiger charge is 2.22. The molecule has 0 saturated carbocycles. The van der Waals surface area contributed by atoms with E-state index in [4.69, 9.17) is 9.15 Å². The van der Waals surface area contributed by atoms with E-state index in [9.17, 15) is 4.79 Å². The fourth-order valence-corrected chi connectivity index (χ4v) is 3.35. The SMILES string of the molecule is CCC(Oc1ccccc1-c1nnc(-c2ccccc2)o1)C(=O)Nc1cccc(C)c1C. The Labute approximate surface area is 187 Å². The summed E-state index contributed by atoms with van der Waals surface area (Å²) >= 11 is 0. The molecule has 4 rings (SSSR count). The van der Waals surface area contributed by atoms with Crippen LogP contribution in [-0.4, -0.2) is 22.2 Å². The van der Waals surface area contributed by atoms with Gasteiger partial charge in [-0.2, -0.15) is 0 Å². The van der Waals surface area contributed by atoms with Crippen molar-refractivity contribution < 1.29 is 13.9 Å². The summed E-state index contributed by atoms with van der Waals surface area (Å²) in [5.74, 6) is 1.07. The molecule has 1 unspecified atom stereocenters. The van der Waals surface area contributed by atoms with Crippen LogP contribution in [0.1, 0.15) is 24.5 Å². The van der Waals surface area contributed by atoms with E-state index in [0.717, 1.165) is 22.4 Å². The van der Waals surface area contributed by atoms with Crippen LogP contribution in [0.4, 0.5) is 5.69 Å². The van der Waals surface area contributed by atoms with Crippen LogP contribution < -0.4 is 10.1 Å². The van der Waals surface area contributed by atoms with Gasteiger partial charge >= 0.3 is 0 Å². The number of nitrogens with one attached hydrogen (secondary N) is 1. The molecule has 162 valence electrons. The summed E-state index contributed by atoms with van der Waals surface area (Å²) in [7, 11) is 0. The van der Waals surface area contributed by atoms with Gasteiger partial charge in [-0.25, -0.2) is 0 Å². The van der Waals surface area contributed by atoms with E-state index in [1.807, 2.05) is 87.5 Å². The van der Waals surface area contributed by atoms with Gasteiger partial charge in [-0.15, -0.1) is 10.2 Å². The molecule has 0 spiro atoms. The average molecular weight is 428 g/mol. The van der Waals surface area contributed by atoms with Crippen LogP contribution in [-0.2, 0) is 4.79 Å². The summed E-state index contributed by atoms with van der Waals surface area (Å²) in [5, 5.41) is 11.3. The molecule has 0 aliphatic heterocycles. The van der Waals surface area contributed by atoms with Crippen LogP contribution in [0.15, 0.2) is 77.2 Å². The minimum atomic E-state index is -0.674. The first-order valence-electron chi connectivity index (χ1n) is 10.6. The Hall–Kier alpha value is -3.93. The summed E-state index contributed by atoms with van der Waals surface area (Å²) in [6.45, 7) is 5.92. The van der Waals surface area contributed by atoms with Gasteiger partial charge in [0.1, 0.15) is 5.75 Å². The van der Waals surface area contributed by atoms with Gasteiger partial charge in [-0.05, 0) is 61.7 Å². The lowest BCUT2D eigenvalue weighted by Crippen LogP contribution is -2.32. The molecule has 4 aromatic rings. The summed E-state index contributed by atoms with van der Waals surface area (Å²) in [5.41, 5.74) is 4.42. The van der Waals surface area contributed by atoms with Crippen LogP contribution >= 0.6 is 0 Å². The second-order valence-electron chi connectivity index (χ2n) is 7.53. The normalized spacial score (nSPS) is 11.7. The molecule has 0 fully saturated rings. The molecular weight excluding hydrogens is 402 g/mol. The third-order valence-electron chi connectivity index (χ3n) is 5.36. The van der Waals surface area contributed by atoms with Gasteiger partial charge < -0.3 is 14.5 Å². The maximum Gasteiger partial charge on any atom is 0.265 e. The molecule has 0 radical (unpaired) electrons. The predicted octanol–water partition coefficient (Wildman–Crippen LogP) is 5.82. The number of hydrogen-bond acceptors (Lipinski definition) is 5. The molecular formula is C26H25N3O3. The zero-order valence-corrected chi connectivity index (χ0v) is 18.3. The third-order valence-corrected chi connectivity index (χ3v) is 5.36. The number of anilines is 1. The first-order valence-corrected chi connectivity index (χ1v) is 10.6. The van der Waals surface area contributed by atoms with E-state index < -0.39 is 6.10 Å². The Balaban J connectivity index is 1.56. The summed E-state index contributed by atoms with van der Waals surface area (Å²) in [4.78, 5) is 13.0. The molecule has 0 saturated heterocycles. The topological polar surface area (TPSA) is 77.2 Å². The first kappa shape index (κ1) is 21.3. The minimum Gasteiger partial charge on any atom is -0.480 e. The highest BCUT2D eigenvalue weighted by atomic mass is 16.5. The second-order valence-corrected chi connectivity index (χ2v) is 7.53. The number of benzene rings is 3. The van der Waals surface area contributed by atoms with Crippen LogP contribution in [0.3, 0.4) is 0 Å². The van der Waals surface area contributed by atoms with Crippen molar-refractivity contribution in [2.45, 2.75) is 33.3 Å². The van der Waals surface area contributed by atoms with Crippen LogP contribution in [0.5, 0.6) is 5.75 Å². The number of carbonyl (C=O) groups is 1. The molecule has 1 atom stereocenters. The summed E-state index contributed by atoms with van der Waals surface area (Å²) in [6, 6.07) is 22.8. The molecule has 32 heavy (non-hydrogen) atoms. The maximum absolute atomic E-state index is 13.0. The molecule has 1 amide bonds. The Morgan fingerprint density at radius 1 is 0.938 bits per heavy atom. The Morgan fingerprint density at radius 3 is 2.44 bits per heavy atom. The monoisotopic (exact) mass is 427 g/mol. The lowest BCUT2D eigenvalue weighted by Gasteiger charge is -2.19. The zero-order chi connectivity index (χ0) is 22.5. The van der Waals surface area contributed by atoms with Crippen molar-refractivity contribution in [3.8, 4) is 28.7 Å². The molecule has 6 heteroatoms. The van der Waals surface area contributed by atoms with E-state index in [2.05, 4.69) is 15.5 Å². The van der Waals surface area contributed by atoms with Crippen molar-refractivity contribution >= 4 is 11.6 Å². The van der Waals surface area contributed by atoms with E-state index in [1.165, 1.54) is 0 Å². The number of ether oxygens (including phenoxy) is 1. The van der Waals surface area contributed by atoms with Crippen molar-refractivity contribution in [1.82, 2.24) is 10.2 Å². The molecule has 1 heterocycles. The van der Waals surface area contributed by atoms with Gasteiger partial charge in [0.25, 0.3) is 11.8 Å². The standard InChI is InChI=1S/C26H25N3O3/c1-4-22(24(30)27-21-15-10-11-17(2)18(21)3)31-23-16-9-8-14-20(23)26-29-28-25(32-26)19-12-6-5-7-13-19/h5-16,22H,4H2,1-3H3,(H,27,30). The smallest absolute Gasteiger partial charge is 0.265 e. The fraction of sp³-hybridized carbons (Fsp3) is 0.192. The number of amides is 1. The van der Waals surface area contributed by atoms with E-state index in [0.29, 0.717) is 29.5 Å². The molecule has 3 aromatic carbocycles. The highest BCUT2D eigenvalue weighted by Crippen LogP contribution is 2.32. The number of aromatic nitrogens is 2. The average Bonchev–Trinajstić information content (AvgIpc) is 3.31. The lowest BCUT2D eigenvalue weighted by molar-refractivity contribution is -0.122. The third kappa shape index (κ3) is 4.54. The Morgan fingerprint density at radius 2 is 1.66 bits per heavy atom. The number of nitrogens with zero attached hydrogens (tertiary/aromatic N) is 2. The molecule has 1 aromatic heterocycles. The van der Waals surface area contributed by atoms with Crippen molar-refractivity contribution in [3.63, 3.8) is 0 Å². The largest absolute Gasteiger partial charge is 0.480 e. The second kappa shape index (κ2) is 9.47. The van der Waals surface area contributed by atoms with Crippen LogP contribution in [0, 0.1) is 13.8 Å². The van der Waals surface area contributed by atoms with E-state index >= 15 is 0 Å². The zero-order valence-electron chi connectivity index (χ0n) is 18.3. The van der Waals surface area contributed by atoms with Gasteiger partial charge in [0, 0.05) is 11.3 Å². The van der Waals surface area contributed by atoms with Crippen molar-refractivity contribution in [2.24, 2.45) is 0 Å². The van der Waals surface area contributed by atoms with E-state index in [1.54, 1.807) is 6.07 Å². The predicted molar refractivity (Wildman–Crippen MR) is 124 cm³/mol. The van der Waals surface area contributed by atoms with Crippen LogP contribution in [0.2, 0.25) is 0 Å². The van der Waals surface area contributed by atoms with Gasteiger partial charge in [0.05, 0.1) is 5.56 Å². The Kier molecular flexibility index (Phi) is 6.31. The summed E-state index contributed by atoms with van der Waals surface area (Å²) < 4.78 is 12.0. The highest BCUT2D eigenvalue weighted by molar-refractivity contribution is 5.95. The molecule has 6 nitrogen and oxygen atoms in total. The Bertz CT molecular complexity index is 1220. The summed E-state index contributed by atoms with van der Waals surface area (Å²) in [6.07, 6.45) is -0.169. The number of hydrogen-bond donors (Lipinski definition) is 1. The van der Waals surface area contributed by atoms with E-state index in [-0.39, 0.29) is 5.91 Å². The molecule has 0 aliphatic carbocycles. The number of para-hydroxylation sites is 1. The number of carbonyl (C=O) groups excluding carboxylic acids is 1. The minimum absolute atomic E-state index is 0.202. The van der Waals surface area contributed by atoms with Crippen molar-refractivity contribution in [1.29, 1.82) is 0 Å². The van der Waals surface area contributed by atoms with Crippen molar-refractivity contribution in [2.75, 3.05) is 5.32 Å². The van der Waals surface area contributed by atoms with Gasteiger partial charge in [0.2, 0.25) is 5.89 Å². The van der Waals surface area contributed by atoms with Crippen LogP contribution in [0.25, 0.3) is 22.9 Å².